The Morgan fingerprint density at radius 1 is 1.11 bits per heavy atom. The second kappa shape index (κ2) is 9.77. The topological polar surface area (TPSA) is 94.6 Å². The minimum absolute atomic E-state index is 0.0168. The predicted octanol–water partition coefficient (Wildman–Crippen LogP) is 4.10. The third-order valence-corrected chi connectivity index (χ3v) is 6.89. The molecule has 36 heavy (non-hydrogen) atoms. The number of benzene rings is 2. The number of aromatic nitrogens is 2. The highest BCUT2D eigenvalue weighted by Crippen LogP contribution is 2.41. The lowest BCUT2D eigenvalue weighted by atomic mass is 9.97. The van der Waals surface area contributed by atoms with Gasteiger partial charge >= 0.3 is 0 Å². The molecule has 0 saturated carbocycles. The van der Waals surface area contributed by atoms with Crippen LogP contribution in [0.25, 0.3) is 11.3 Å². The molecule has 1 amide bonds. The number of hydrogen-bond donors (Lipinski definition) is 2. The van der Waals surface area contributed by atoms with Crippen molar-refractivity contribution in [2.24, 2.45) is 5.73 Å². The molecule has 1 saturated heterocycles. The van der Waals surface area contributed by atoms with Gasteiger partial charge < -0.3 is 25.4 Å². The van der Waals surface area contributed by atoms with Gasteiger partial charge in [-0.2, -0.15) is 5.10 Å². The molecule has 1 aromatic heterocycles. The van der Waals surface area contributed by atoms with E-state index in [1.807, 2.05) is 6.07 Å². The summed E-state index contributed by atoms with van der Waals surface area (Å²) < 4.78 is 40.2. The lowest BCUT2D eigenvalue weighted by Gasteiger charge is -2.32. The number of halogens is 2. The molecular formula is C26H29F2N5O3. The van der Waals surface area contributed by atoms with Crippen molar-refractivity contribution in [3.05, 3.63) is 59.7 Å². The van der Waals surface area contributed by atoms with Gasteiger partial charge in [0.25, 0.3) is 12.3 Å². The van der Waals surface area contributed by atoms with Crippen LogP contribution in [0.3, 0.4) is 0 Å². The number of methoxy groups -OCH3 is 2. The predicted molar refractivity (Wildman–Crippen MR) is 132 cm³/mol. The van der Waals surface area contributed by atoms with Gasteiger partial charge in [0.05, 0.1) is 26.0 Å². The fourth-order valence-corrected chi connectivity index (χ4v) is 4.91. The van der Waals surface area contributed by atoms with Gasteiger partial charge in [-0.15, -0.1) is 0 Å². The van der Waals surface area contributed by atoms with E-state index < -0.39 is 12.5 Å². The maximum atomic E-state index is 14.1. The zero-order valence-electron chi connectivity index (χ0n) is 20.2. The highest BCUT2D eigenvalue weighted by molar-refractivity contribution is 5.95. The summed E-state index contributed by atoms with van der Waals surface area (Å²) in [5, 5.41) is 7.84. The minimum Gasteiger partial charge on any atom is -0.493 e. The zero-order valence-corrected chi connectivity index (χ0v) is 20.2. The summed E-state index contributed by atoms with van der Waals surface area (Å²) in [6.45, 7) is 1.20. The standard InChI is InChI=1S/C26H29F2N5O3/c1-35-22-8-7-17(11-23(22)36-2)19-12-21(25(27)28)33-24(30-19)13-20(31-33)15-3-5-16(6-4-15)26(34)32-10-9-18(29)14-32/h3-8,11,13,18-19,21,25,30H,9-10,12,14,29H2,1-2H3/t18-,19?,21?/m1/s1. The van der Waals surface area contributed by atoms with Crippen LogP contribution in [0.15, 0.2) is 48.5 Å². The SMILES string of the molecule is COc1ccc(C2CC(C(F)F)n3nc(-c4ccc(C(=O)N5CC[C@@H](N)C5)cc4)cc3N2)cc1OC. The number of nitrogens with two attached hydrogens (primary N) is 1. The summed E-state index contributed by atoms with van der Waals surface area (Å²) in [7, 11) is 3.09. The largest absolute Gasteiger partial charge is 0.493 e. The number of alkyl halides is 2. The third kappa shape index (κ3) is 4.48. The van der Waals surface area contributed by atoms with Gasteiger partial charge in [-0.3, -0.25) is 4.79 Å². The Balaban J connectivity index is 1.40. The van der Waals surface area contributed by atoms with Crippen molar-refractivity contribution >= 4 is 11.7 Å². The number of nitrogens with zero attached hydrogens (tertiary/aromatic N) is 3. The highest BCUT2D eigenvalue weighted by Gasteiger charge is 2.35. The molecule has 0 radical (unpaired) electrons. The summed E-state index contributed by atoms with van der Waals surface area (Å²) in [6, 6.07) is 12.8. The van der Waals surface area contributed by atoms with E-state index in [0.717, 1.165) is 17.5 Å². The Morgan fingerprint density at radius 2 is 1.86 bits per heavy atom. The summed E-state index contributed by atoms with van der Waals surface area (Å²) in [6.07, 6.45) is -1.63. The number of fused-ring (bicyclic) bond motifs is 1. The van der Waals surface area contributed by atoms with Crippen molar-refractivity contribution in [3.8, 4) is 22.8 Å². The summed E-state index contributed by atoms with van der Waals surface area (Å²) in [5.41, 5.74) is 8.59. The van der Waals surface area contributed by atoms with E-state index in [-0.39, 0.29) is 24.4 Å². The number of carbonyl (C=O) groups excluding carboxylic acids is 1. The number of hydrogen-bond acceptors (Lipinski definition) is 6. The molecule has 0 spiro atoms. The van der Waals surface area contributed by atoms with Gasteiger partial charge in [-0.25, -0.2) is 13.5 Å². The molecule has 2 aliphatic heterocycles. The molecule has 5 rings (SSSR count). The van der Waals surface area contributed by atoms with Crippen molar-refractivity contribution < 1.29 is 23.0 Å². The molecule has 3 aromatic rings. The van der Waals surface area contributed by atoms with Crippen LogP contribution >= 0.6 is 0 Å². The number of amides is 1. The van der Waals surface area contributed by atoms with Gasteiger partial charge in [-0.1, -0.05) is 18.2 Å². The fourth-order valence-electron chi connectivity index (χ4n) is 4.91. The number of nitrogens with one attached hydrogen (secondary N) is 1. The fraction of sp³-hybridized carbons (Fsp3) is 0.385. The third-order valence-electron chi connectivity index (χ3n) is 6.89. The molecule has 8 nitrogen and oxygen atoms in total. The number of anilines is 1. The first-order valence-electron chi connectivity index (χ1n) is 11.9. The van der Waals surface area contributed by atoms with Crippen LogP contribution in [-0.2, 0) is 0 Å². The maximum Gasteiger partial charge on any atom is 0.260 e. The molecule has 10 heteroatoms. The van der Waals surface area contributed by atoms with E-state index in [0.29, 0.717) is 41.7 Å². The van der Waals surface area contributed by atoms with Crippen LogP contribution in [0.2, 0.25) is 0 Å². The van der Waals surface area contributed by atoms with Gasteiger partial charge in [0, 0.05) is 36.3 Å². The molecule has 2 aromatic carbocycles. The molecule has 190 valence electrons. The quantitative estimate of drug-likeness (QED) is 0.533. The number of likely N-dealkylation sites (tertiary alicyclic amines) is 1. The van der Waals surface area contributed by atoms with Crippen molar-refractivity contribution in [2.45, 2.75) is 37.4 Å². The molecule has 3 heterocycles. The number of carbonyl (C=O) groups is 1. The first kappa shape index (κ1) is 24.1. The normalized spacial score (nSPS) is 21.3. The van der Waals surface area contributed by atoms with Gasteiger partial charge in [0.15, 0.2) is 11.5 Å². The lowest BCUT2D eigenvalue weighted by Crippen LogP contribution is -2.31. The first-order chi connectivity index (χ1) is 17.4. The molecule has 0 bridgehead atoms. The first-order valence-corrected chi connectivity index (χ1v) is 11.9. The Morgan fingerprint density at radius 3 is 2.50 bits per heavy atom. The van der Waals surface area contributed by atoms with Crippen molar-refractivity contribution in [3.63, 3.8) is 0 Å². The summed E-state index contributed by atoms with van der Waals surface area (Å²) in [5.74, 6) is 1.56. The van der Waals surface area contributed by atoms with Crippen LogP contribution in [0.1, 0.15) is 40.8 Å². The van der Waals surface area contributed by atoms with Crippen molar-refractivity contribution in [1.29, 1.82) is 0 Å². The average molecular weight is 498 g/mol. The zero-order chi connectivity index (χ0) is 25.4. The number of ether oxygens (including phenoxy) is 2. The molecule has 3 atom stereocenters. The molecule has 1 fully saturated rings. The van der Waals surface area contributed by atoms with Gasteiger partial charge in [-0.05, 0) is 42.7 Å². The van der Waals surface area contributed by atoms with E-state index in [1.165, 1.54) is 11.8 Å². The molecule has 3 N–H and O–H groups in total. The van der Waals surface area contributed by atoms with E-state index in [9.17, 15) is 13.6 Å². The van der Waals surface area contributed by atoms with E-state index in [1.54, 1.807) is 54.5 Å². The summed E-state index contributed by atoms with van der Waals surface area (Å²) in [4.78, 5) is 14.5. The Hall–Kier alpha value is -3.66. The van der Waals surface area contributed by atoms with Crippen molar-refractivity contribution in [1.82, 2.24) is 14.7 Å². The van der Waals surface area contributed by atoms with Gasteiger partial charge in [0.2, 0.25) is 0 Å². The molecule has 2 unspecified atom stereocenters. The minimum atomic E-state index is -2.59. The molecule has 2 aliphatic rings. The van der Waals surface area contributed by atoms with E-state index in [4.69, 9.17) is 15.2 Å². The Kier molecular flexibility index (Phi) is 6.53. The molecular weight excluding hydrogens is 468 g/mol. The van der Waals surface area contributed by atoms with Gasteiger partial charge in [0.1, 0.15) is 11.9 Å². The molecule has 0 aliphatic carbocycles. The maximum absolute atomic E-state index is 14.1. The smallest absolute Gasteiger partial charge is 0.260 e. The van der Waals surface area contributed by atoms with Crippen molar-refractivity contribution in [2.75, 3.05) is 32.6 Å². The van der Waals surface area contributed by atoms with Crippen LogP contribution < -0.4 is 20.5 Å². The monoisotopic (exact) mass is 497 g/mol. The highest BCUT2D eigenvalue weighted by atomic mass is 19.3. The average Bonchev–Trinajstić information content (AvgIpc) is 3.53. The second-order valence-corrected chi connectivity index (χ2v) is 9.19. The Labute approximate surface area is 208 Å². The van der Waals surface area contributed by atoms with Crippen LogP contribution in [-0.4, -0.2) is 60.4 Å². The lowest BCUT2D eigenvalue weighted by molar-refractivity contribution is 0.0659. The second-order valence-electron chi connectivity index (χ2n) is 9.19. The number of rotatable bonds is 6. The van der Waals surface area contributed by atoms with Crippen LogP contribution in [0, 0.1) is 0 Å². The van der Waals surface area contributed by atoms with Crippen LogP contribution in [0.5, 0.6) is 11.5 Å². The van der Waals surface area contributed by atoms with E-state index in [2.05, 4.69) is 10.4 Å². The van der Waals surface area contributed by atoms with E-state index >= 15 is 0 Å². The summed E-state index contributed by atoms with van der Waals surface area (Å²) >= 11 is 0. The Bertz CT molecular complexity index is 1250. The van der Waals surface area contributed by atoms with Crippen LogP contribution in [0.4, 0.5) is 14.6 Å².